The third-order valence-corrected chi connectivity index (χ3v) is 5.80. The maximum atomic E-state index is 12.8. The average molecular weight is 429 g/mol. The maximum absolute atomic E-state index is 12.8. The van der Waals surface area contributed by atoms with Gasteiger partial charge >= 0.3 is 0 Å². The monoisotopic (exact) mass is 429 g/mol. The minimum Gasteiger partial charge on any atom is -0.451 e. The van der Waals surface area contributed by atoms with Crippen LogP contribution in [0.1, 0.15) is 40.8 Å². The summed E-state index contributed by atoms with van der Waals surface area (Å²) in [5.41, 5.74) is 2.21. The Morgan fingerprint density at radius 3 is 2.62 bits per heavy atom. The van der Waals surface area contributed by atoms with Crippen molar-refractivity contribution in [2.24, 2.45) is 5.92 Å². The molecule has 8 heteroatoms. The van der Waals surface area contributed by atoms with Crippen molar-refractivity contribution >= 4 is 28.5 Å². The molecule has 0 aliphatic carbocycles. The van der Waals surface area contributed by atoms with Crippen LogP contribution in [0.15, 0.2) is 65.2 Å². The van der Waals surface area contributed by atoms with Crippen LogP contribution >= 0.6 is 0 Å². The summed E-state index contributed by atoms with van der Waals surface area (Å²) in [6.45, 7) is 3.71. The van der Waals surface area contributed by atoms with Gasteiger partial charge in [0.05, 0.1) is 11.9 Å². The SMILES string of the molecule is CC1CCN(C(=O)c2cc3cc(NC(=O)c4cn(-c5ccccc5)nn4)ccc3o2)CC1. The molecule has 0 unspecified atom stereocenters. The summed E-state index contributed by atoms with van der Waals surface area (Å²) in [5.74, 6) is 0.518. The van der Waals surface area contributed by atoms with Gasteiger partial charge in [0.1, 0.15) is 5.58 Å². The molecule has 1 saturated heterocycles. The number of rotatable bonds is 4. The molecule has 2 aromatic carbocycles. The van der Waals surface area contributed by atoms with Gasteiger partial charge in [-0.3, -0.25) is 9.59 Å². The smallest absolute Gasteiger partial charge is 0.289 e. The molecule has 1 aliphatic heterocycles. The summed E-state index contributed by atoms with van der Waals surface area (Å²) in [6.07, 6.45) is 3.60. The number of hydrogen-bond acceptors (Lipinski definition) is 5. The highest BCUT2D eigenvalue weighted by atomic mass is 16.3. The number of benzene rings is 2. The number of nitrogens with one attached hydrogen (secondary N) is 1. The van der Waals surface area contributed by atoms with Gasteiger partial charge in [-0.2, -0.15) is 0 Å². The van der Waals surface area contributed by atoms with Gasteiger partial charge < -0.3 is 14.6 Å². The van der Waals surface area contributed by atoms with Crippen LogP contribution in [0.5, 0.6) is 0 Å². The zero-order chi connectivity index (χ0) is 22.1. The number of carbonyl (C=O) groups excluding carboxylic acids is 2. The van der Waals surface area contributed by atoms with Crippen molar-refractivity contribution in [2.75, 3.05) is 18.4 Å². The van der Waals surface area contributed by atoms with Crippen molar-refractivity contribution in [3.63, 3.8) is 0 Å². The highest BCUT2D eigenvalue weighted by Crippen LogP contribution is 2.26. The summed E-state index contributed by atoms with van der Waals surface area (Å²) < 4.78 is 7.33. The van der Waals surface area contributed by atoms with Crippen molar-refractivity contribution < 1.29 is 14.0 Å². The number of likely N-dealkylation sites (tertiary alicyclic amines) is 1. The van der Waals surface area contributed by atoms with Gasteiger partial charge in [0.15, 0.2) is 11.5 Å². The zero-order valence-corrected chi connectivity index (χ0v) is 17.7. The van der Waals surface area contributed by atoms with Crippen LogP contribution in [0.2, 0.25) is 0 Å². The van der Waals surface area contributed by atoms with E-state index in [0.717, 1.165) is 37.0 Å². The molecule has 8 nitrogen and oxygen atoms in total. The molecule has 32 heavy (non-hydrogen) atoms. The highest BCUT2D eigenvalue weighted by molar-refractivity contribution is 6.04. The van der Waals surface area contributed by atoms with Gasteiger partial charge in [-0.1, -0.05) is 30.3 Å². The fourth-order valence-electron chi connectivity index (χ4n) is 3.86. The van der Waals surface area contributed by atoms with Crippen molar-refractivity contribution in [1.29, 1.82) is 0 Å². The Hall–Kier alpha value is -3.94. The zero-order valence-electron chi connectivity index (χ0n) is 17.7. The van der Waals surface area contributed by atoms with Gasteiger partial charge in [0, 0.05) is 24.2 Å². The van der Waals surface area contributed by atoms with Crippen LogP contribution in [-0.2, 0) is 0 Å². The molecule has 5 rings (SSSR count). The third-order valence-electron chi connectivity index (χ3n) is 5.80. The predicted octanol–water partition coefficient (Wildman–Crippen LogP) is 4.14. The number of furan rings is 1. The molecule has 4 aromatic rings. The van der Waals surface area contributed by atoms with Crippen molar-refractivity contribution in [2.45, 2.75) is 19.8 Å². The van der Waals surface area contributed by atoms with E-state index in [9.17, 15) is 9.59 Å². The van der Waals surface area contributed by atoms with E-state index in [2.05, 4.69) is 22.6 Å². The number of amides is 2. The third kappa shape index (κ3) is 3.99. The lowest BCUT2D eigenvalue weighted by Crippen LogP contribution is -2.37. The van der Waals surface area contributed by atoms with Crippen LogP contribution in [0, 0.1) is 5.92 Å². The highest BCUT2D eigenvalue weighted by Gasteiger charge is 2.24. The van der Waals surface area contributed by atoms with Crippen LogP contribution < -0.4 is 5.32 Å². The summed E-state index contributed by atoms with van der Waals surface area (Å²) in [7, 11) is 0. The summed E-state index contributed by atoms with van der Waals surface area (Å²) in [5, 5.41) is 11.6. The van der Waals surface area contributed by atoms with E-state index in [1.165, 1.54) is 0 Å². The van der Waals surface area contributed by atoms with Crippen LogP contribution in [0.3, 0.4) is 0 Å². The molecule has 0 bridgehead atoms. The number of carbonyl (C=O) groups is 2. The number of aromatic nitrogens is 3. The molecule has 0 spiro atoms. The number of para-hydroxylation sites is 1. The Morgan fingerprint density at radius 2 is 1.84 bits per heavy atom. The molecule has 0 radical (unpaired) electrons. The summed E-state index contributed by atoms with van der Waals surface area (Å²) >= 11 is 0. The standard InChI is InChI=1S/C24H23N5O3/c1-16-9-11-28(12-10-16)24(31)22-14-17-13-18(7-8-21(17)32-22)25-23(30)20-15-29(27-26-20)19-5-3-2-4-6-19/h2-8,13-16H,9-12H2,1H3,(H,25,30). The molecule has 2 amide bonds. The maximum Gasteiger partial charge on any atom is 0.289 e. The van der Waals surface area contributed by atoms with Crippen molar-refractivity contribution in [1.82, 2.24) is 19.9 Å². The van der Waals surface area contributed by atoms with Gasteiger partial charge in [0.25, 0.3) is 11.8 Å². The normalized spacial score (nSPS) is 14.6. The van der Waals surface area contributed by atoms with Crippen LogP contribution in [0.4, 0.5) is 5.69 Å². The minimum absolute atomic E-state index is 0.0868. The van der Waals surface area contributed by atoms with Crippen LogP contribution in [-0.4, -0.2) is 44.8 Å². The summed E-state index contributed by atoms with van der Waals surface area (Å²) in [4.78, 5) is 27.3. The number of nitrogens with zero attached hydrogens (tertiary/aromatic N) is 4. The topological polar surface area (TPSA) is 93.3 Å². The lowest BCUT2D eigenvalue weighted by molar-refractivity contribution is 0.0667. The van der Waals surface area contributed by atoms with E-state index in [1.54, 1.807) is 35.1 Å². The number of anilines is 1. The van der Waals surface area contributed by atoms with E-state index < -0.39 is 0 Å². The predicted molar refractivity (Wildman–Crippen MR) is 120 cm³/mol. The lowest BCUT2D eigenvalue weighted by Gasteiger charge is -2.29. The van der Waals surface area contributed by atoms with Gasteiger partial charge in [-0.05, 0) is 55.2 Å². The molecule has 1 fully saturated rings. The molecule has 2 aromatic heterocycles. The Bertz CT molecular complexity index is 1270. The molecule has 1 aliphatic rings. The quantitative estimate of drug-likeness (QED) is 0.526. The Morgan fingerprint density at radius 1 is 1.06 bits per heavy atom. The first-order valence-electron chi connectivity index (χ1n) is 10.7. The van der Waals surface area contributed by atoms with Gasteiger partial charge in [-0.25, -0.2) is 4.68 Å². The first-order valence-corrected chi connectivity index (χ1v) is 10.7. The molecule has 162 valence electrons. The largest absolute Gasteiger partial charge is 0.451 e. The second-order valence-corrected chi connectivity index (χ2v) is 8.18. The number of hydrogen-bond donors (Lipinski definition) is 1. The number of piperidine rings is 1. The average Bonchev–Trinajstić information content (AvgIpc) is 3.47. The molecule has 3 heterocycles. The molecular formula is C24H23N5O3. The fourth-order valence-corrected chi connectivity index (χ4v) is 3.86. The van der Waals surface area contributed by atoms with E-state index in [1.807, 2.05) is 35.2 Å². The molecule has 0 atom stereocenters. The van der Waals surface area contributed by atoms with E-state index in [0.29, 0.717) is 22.9 Å². The first kappa shape index (κ1) is 20.0. The lowest BCUT2D eigenvalue weighted by atomic mass is 9.99. The minimum atomic E-state index is -0.367. The Labute approximate surface area is 184 Å². The number of fused-ring (bicyclic) bond motifs is 1. The molecular weight excluding hydrogens is 406 g/mol. The van der Waals surface area contributed by atoms with Crippen LogP contribution in [0.25, 0.3) is 16.7 Å². The van der Waals surface area contributed by atoms with Crippen molar-refractivity contribution in [3.8, 4) is 5.69 Å². The second kappa shape index (κ2) is 8.30. The van der Waals surface area contributed by atoms with Gasteiger partial charge in [-0.15, -0.1) is 5.10 Å². The van der Waals surface area contributed by atoms with E-state index >= 15 is 0 Å². The van der Waals surface area contributed by atoms with Gasteiger partial charge in [0.2, 0.25) is 0 Å². The Balaban J connectivity index is 1.30. The Kier molecular flexibility index (Phi) is 5.18. The van der Waals surface area contributed by atoms with E-state index in [-0.39, 0.29) is 17.5 Å². The molecule has 0 saturated carbocycles. The first-order chi connectivity index (χ1) is 15.6. The second-order valence-electron chi connectivity index (χ2n) is 8.18. The fraction of sp³-hybridized carbons (Fsp3) is 0.250. The molecule has 1 N–H and O–H groups in total. The van der Waals surface area contributed by atoms with Crippen molar-refractivity contribution in [3.05, 3.63) is 72.2 Å². The van der Waals surface area contributed by atoms with E-state index in [4.69, 9.17) is 4.42 Å². The summed E-state index contributed by atoms with van der Waals surface area (Å²) in [6, 6.07) is 16.5.